The third-order valence-electron chi connectivity index (χ3n) is 2.64. The molecule has 0 fully saturated rings. The van der Waals surface area contributed by atoms with Crippen LogP contribution in [0.25, 0.3) is 10.4 Å². The van der Waals surface area contributed by atoms with E-state index in [1.807, 2.05) is 36.4 Å². The molecule has 0 bridgehead atoms. The summed E-state index contributed by atoms with van der Waals surface area (Å²) in [5, 5.41) is 0. The van der Waals surface area contributed by atoms with Crippen molar-refractivity contribution in [2.75, 3.05) is 14.2 Å². The molecular weight excluding hydrogens is 248 g/mol. The van der Waals surface area contributed by atoms with Crippen LogP contribution in [-0.4, -0.2) is 20.5 Å². The lowest BCUT2D eigenvalue weighted by Crippen LogP contribution is -2.02. The van der Waals surface area contributed by atoms with Crippen molar-refractivity contribution in [1.29, 1.82) is 0 Å². The van der Waals surface area contributed by atoms with E-state index in [4.69, 9.17) is 9.47 Å². The SMILES string of the molecule is COC(OC)c1ccc(-c2ccc(C=O)s2)cc1. The number of hydrogen-bond acceptors (Lipinski definition) is 4. The van der Waals surface area contributed by atoms with Gasteiger partial charge in [-0.1, -0.05) is 24.3 Å². The van der Waals surface area contributed by atoms with Crippen molar-refractivity contribution in [1.82, 2.24) is 0 Å². The molecular formula is C14H14O3S. The van der Waals surface area contributed by atoms with Crippen molar-refractivity contribution in [3.05, 3.63) is 46.8 Å². The Morgan fingerprint density at radius 2 is 1.72 bits per heavy atom. The van der Waals surface area contributed by atoms with E-state index >= 15 is 0 Å². The molecule has 0 aliphatic rings. The number of benzene rings is 1. The number of carbonyl (C=O) groups excluding carboxylic acids is 1. The Balaban J connectivity index is 2.24. The maximum Gasteiger partial charge on any atom is 0.183 e. The third-order valence-corrected chi connectivity index (χ3v) is 3.70. The Kier molecular flexibility index (Phi) is 4.25. The molecule has 0 saturated carbocycles. The molecule has 0 saturated heterocycles. The van der Waals surface area contributed by atoms with Crippen LogP contribution in [0.3, 0.4) is 0 Å². The topological polar surface area (TPSA) is 35.5 Å². The van der Waals surface area contributed by atoms with E-state index in [1.54, 1.807) is 14.2 Å². The lowest BCUT2D eigenvalue weighted by Gasteiger charge is -2.13. The van der Waals surface area contributed by atoms with Crippen LogP contribution in [-0.2, 0) is 9.47 Å². The molecule has 4 heteroatoms. The molecule has 3 nitrogen and oxygen atoms in total. The molecule has 0 N–H and O–H groups in total. The predicted octanol–water partition coefficient (Wildman–Crippen LogP) is 3.52. The van der Waals surface area contributed by atoms with Crippen LogP contribution < -0.4 is 0 Å². The monoisotopic (exact) mass is 262 g/mol. The molecule has 0 spiro atoms. The number of methoxy groups -OCH3 is 2. The van der Waals surface area contributed by atoms with Crippen LogP contribution in [0, 0.1) is 0 Å². The highest BCUT2D eigenvalue weighted by atomic mass is 32.1. The van der Waals surface area contributed by atoms with Gasteiger partial charge in [-0.15, -0.1) is 11.3 Å². The fraction of sp³-hybridized carbons (Fsp3) is 0.214. The molecule has 0 aliphatic carbocycles. The molecule has 2 rings (SSSR count). The van der Waals surface area contributed by atoms with Crippen molar-refractivity contribution >= 4 is 17.6 Å². The molecule has 0 aliphatic heterocycles. The predicted molar refractivity (Wildman–Crippen MR) is 71.9 cm³/mol. The first-order valence-electron chi connectivity index (χ1n) is 5.49. The van der Waals surface area contributed by atoms with Gasteiger partial charge in [-0.3, -0.25) is 4.79 Å². The molecule has 1 heterocycles. The van der Waals surface area contributed by atoms with Gasteiger partial charge >= 0.3 is 0 Å². The summed E-state index contributed by atoms with van der Waals surface area (Å²) in [4.78, 5) is 12.5. The van der Waals surface area contributed by atoms with Gasteiger partial charge in [0.1, 0.15) is 0 Å². The summed E-state index contributed by atoms with van der Waals surface area (Å²) in [6, 6.07) is 11.7. The first-order chi connectivity index (χ1) is 8.78. The van der Waals surface area contributed by atoms with Gasteiger partial charge in [0.2, 0.25) is 0 Å². The van der Waals surface area contributed by atoms with E-state index in [0.29, 0.717) is 0 Å². The van der Waals surface area contributed by atoms with Crippen molar-refractivity contribution in [3.63, 3.8) is 0 Å². The number of thiophene rings is 1. The largest absolute Gasteiger partial charge is 0.352 e. The minimum Gasteiger partial charge on any atom is -0.352 e. The fourth-order valence-corrected chi connectivity index (χ4v) is 2.57. The highest BCUT2D eigenvalue weighted by Crippen LogP contribution is 2.28. The van der Waals surface area contributed by atoms with Crippen LogP contribution in [0.15, 0.2) is 36.4 Å². The zero-order valence-corrected chi connectivity index (χ0v) is 11.1. The molecule has 2 aromatic rings. The van der Waals surface area contributed by atoms with Gasteiger partial charge in [0.25, 0.3) is 0 Å². The summed E-state index contributed by atoms with van der Waals surface area (Å²) < 4.78 is 10.4. The summed E-state index contributed by atoms with van der Waals surface area (Å²) in [5.41, 5.74) is 2.05. The van der Waals surface area contributed by atoms with Gasteiger partial charge < -0.3 is 9.47 Å². The summed E-state index contributed by atoms with van der Waals surface area (Å²) in [5.74, 6) is 0. The molecule has 0 radical (unpaired) electrons. The van der Waals surface area contributed by atoms with E-state index in [2.05, 4.69) is 0 Å². The van der Waals surface area contributed by atoms with Crippen molar-refractivity contribution in [3.8, 4) is 10.4 Å². The van der Waals surface area contributed by atoms with E-state index in [9.17, 15) is 4.79 Å². The zero-order chi connectivity index (χ0) is 13.0. The Labute approximate surface area is 110 Å². The van der Waals surface area contributed by atoms with Crippen LogP contribution in [0.5, 0.6) is 0 Å². The summed E-state index contributed by atoms with van der Waals surface area (Å²) in [6.45, 7) is 0. The van der Waals surface area contributed by atoms with Gasteiger partial charge in [0, 0.05) is 24.7 Å². The molecule has 1 aromatic carbocycles. The van der Waals surface area contributed by atoms with Gasteiger partial charge in [0.15, 0.2) is 12.6 Å². The second-order valence-corrected chi connectivity index (χ2v) is 4.86. The molecule has 0 unspecified atom stereocenters. The van der Waals surface area contributed by atoms with Crippen molar-refractivity contribution in [2.24, 2.45) is 0 Å². The van der Waals surface area contributed by atoms with Crippen LogP contribution in [0.1, 0.15) is 21.5 Å². The second kappa shape index (κ2) is 5.91. The smallest absolute Gasteiger partial charge is 0.183 e. The maximum absolute atomic E-state index is 10.6. The van der Waals surface area contributed by atoms with Crippen LogP contribution in [0.2, 0.25) is 0 Å². The lowest BCUT2D eigenvalue weighted by atomic mass is 10.1. The summed E-state index contributed by atoms with van der Waals surface area (Å²) in [6.07, 6.45) is 0.530. The number of ether oxygens (including phenoxy) is 2. The number of rotatable bonds is 5. The quantitative estimate of drug-likeness (QED) is 0.611. The molecule has 18 heavy (non-hydrogen) atoms. The van der Waals surface area contributed by atoms with Crippen molar-refractivity contribution < 1.29 is 14.3 Å². The average molecular weight is 262 g/mol. The van der Waals surface area contributed by atoms with Gasteiger partial charge in [-0.2, -0.15) is 0 Å². The summed E-state index contributed by atoms with van der Waals surface area (Å²) in [7, 11) is 3.22. The highest BCUT2D eigenvalue weighted by molar-refractivity contribution is 7.17. The number of hydrogen-bond donors (Lipinski definition) is 0. The Bertz CT molecular complexity index is 512. The van der Waals surface area contributed by atoms with Crippen LogP contribution in [0.4, 0.5) is 0 Å². The minimum absolute atomic E-state index is 0.340. The first kappa shape index (κ1) is 13.0. The van der Waals surface area contributed by atoms with Crippen LogP contribution >= 0.6 is 11.3 Å². The maximum atomic E-state index is 10.6. The fourth-order valence-electron chi connectivity index (χ4n) is 1.74. The van der Waals surface area contributed by atoms with Crippen molar-refractivity contribution in [2.45, 2.75) is 6.29 Å². The van der Waals surface area contributed by atoms with E-state index < -0.39 is 0 Å². The Hall–Kier alpha value is -1.49. The third kappa shape index (κ3) is 2.67. The minimum atomic E-state index is -0.340. The zero-order valence-electron chi connectivity index (χ0n) is 10.3. The molecule has 94 valence electrons. The van der Waals surface area contributed by atoms with E-state index in [1.165, 1.54) is 11.3 Å². The highest BCUT2D eigenvalue weighted by Gasteiger charge is 2.09. The Morgan fingerprint density at radius 1 is 1.06 bits per heavy atom. The molecule has 1 aromatic heterocycles. The molecule has 0 atom stereocenters. The summed E-state index contributed by atoms with van der Waals surface area (Å²) >= 11 is 1.48. The molecule has 0 amide bonds. The number of aldehydes is 1. The van der Waals surface area contributed by atoms with Gasteiger partial charge in [0.05, 0.1) is 4.88 Å². The van der Waals surface area contributed by atoms with E-state index in [-0.39, 0.29) is 6.29 Å². The second-order valence-electron chi connectivity index (χ2n) is 3.75. The average Bonchev–Trinajstić information content (AvgIpc) is 2.90. The van der Waals surface area contributed by atoms with E-state index in [0.717, 1.165) is 27.2 Å². The first-order valence-corrected chi connectivity index (χ1v) is 6.31. The standard InChI is InChI=1S/C14H14O3S/c1-16-14(17-2)11-5-3-10(4-6-11)13-8-7-12(9-15)18-13/h3-9,14H,1-2H3. The Morgan fingerprint density at radius 3 is 2.22 bits per heavy atom. The van der Waals surface area contributed by atoms with Gasteiger partial charge in [-0.05, 0) is 17.7 Å². The lowest BCUT2D eigenvalue weighted by molar-refractivity contribution is -0.106. The number of carbonyl (C=O) groups is 1. The normalized spacial score (nSPS) is 10.8. The van der Waals surface area contributed by atoms with Gasteiger partial charge in [-0.25, -0.2) is 0 Å².